The minimum Gasteiger partial charge on any atom is -0.292 e. The van der Waals surface area contributed by atoms with Crippen LogP contribution in [0.15, 0.2) is 58.6 Å². The number of hydrogen-bond donors (Lipinski definition) is 0. The van der Waals surface area contributed by atoms with Crippen LogP contribution in [0.4, 0.5) is 0 Å². The molecule has 1 heterocycles. The Hall–Kier alpha value is -1.22. The van der Waals surface area contributed by atoms with Gasteiger partial charge in [0.05, 0.1) is 32.5 Å². The number of alkyl halides is 4. The van der Waals surface area contributed by atoms with Crippen molar-refractivity contribution in [3.8, 4) is 0 Å². The van der Waals surface area contributed by atoms with Crippen molar-refractivity contribution in [1.29, 1.82) is 0 Å². The van der Waals surface area contributed by atoms with E-state index in [1.165, 1.54) is 42.5 Å². The molecule has 4 atom stereocenters. The van der Waals surface area contributed by atoms with Crippen LogP contribution in [0.1, 0.15) is 20.7 Å². The second kappa shape index (κ2) is 9.42. The van der Waals surface area contributed by atoms with Crippen LogP contribution < -0.4 is 0 Å². The van der Waals surface area contributed by atoms with Gasteiger partial charge in [0.25, 0.3) is 17.7 Å². The quantitative estimate of drug-likeness (QED) is 0.201. The number of amides is 3. The number of carbonyl (C=O) groups excluding carboxylic acids is 4. The van der Waals surface area contributed by atoms with Crippen molar-refractivity contribution in [3.63, 3.8) is 0 Å². The molecular weight excluding hydrogens is 664 g/mol. The van der Waals surface area contributed by atoms with Gasteiger partial charge in [-0.05, 0) is 36.4 Å². The molecule has 0 radical (unpaired) electrons. The Bertz CT molecular complexity index is 1420. The molecule has 198 valence electrons. The summed E-state index contributed by atoms with van der Waals surface area (Å²) in [5, 5.41) is 1.04. The molecule has 1 saturated carbocycles. The second-order valence-corrected chi connectivity index (χ2v) is 13.0. The number of carbonyl (C=O) groups is 4. The number of hydrogen-bond acceptors (Lipinski definition) is 4. The third-order valence-electron chi connectivity index (χ3n) is 6.93. The highest BCUT2D eigenvalue weighted by Crippen LogP contribution is 2.77. The summed E-state index contributed by atoms with van der Waals surface area (Å²) in [4.78, 5) is 50.5. The van der Waals surface area contributed by atoms with Crippen molar-refractivity contribution >= 4 is 116 Å². The normalized spacial score (nSPS) is 29.2. The van der Waals surface area contributed by atoms with Gasteiger partial charge in [-0.1, -0.05) is 81.7 Å². The Morgan fingerprint density at radius 2 is 1.29 bits per heavy atom. The number of allylic oxidation sites excluding steroid dienone is 2. The predicted octanol–water partition coefficient (Wildman–Crippen LogP) is 6.68. The fraction of sp³-hybridized carbons (Fsp3) is 0.250. The zero-order chi connectivity index (χ0) is 27.9. The summed E-state index contributed by atoms with van der Waals surface area (Å²) in [6, 6.07) is 11.8. The first kappa shape index (κ1) is 28.3. The largest absolute Gasteiger partial charge is 0.292 e. The highest BCUT2D eigenvalue weighted by molar-refractivity contribution is 6.66. The zero-order valence-corrected chi connectivity index (χ0v) is 24.6. The SMILES string of the molecule is O=C(CN(C(=O)c1ccccc1Cl)N1C(=O)[C@@H]2[C@H](C1=O)[C@@]1(Cl)C(Cl)=C(Cl)[C@@]2(Cl)C1(Cl)Cl)c1ccc(Cl)cc1. The topological polar surface area (TPSA) is 74.8 Å². The number of halogens is 8. The number of imide groups is 1. The predicted molar refractivity (Wildman–Crippen MR) is 147 cm³/mol. The number of rotatable bonds is 5. The minimum absolute atomic E-state index is 0.0247. The molecule has 14 heteroatoms. The summed E-state index contributed by atoms with van der Waals surface area (Å²) >= 11 is 51.4. The molecule has 2 aromatic carbocycles. The molecule has 0 N–H and O–H groups in total. The average Bonchev–Trinajstić information content (AvgIpc) is 3.26. The molecule has 2 aliphatic carbocycles. The van der Waals surface area contributed by atoms with Gasteiger partial charge in [-0.3, -0.25) is 19.2 Å². The summed E-state index contributed by atoms with van der Waals surface area (Å²) in [6.07, 6.45) is 0. The van der Waals surface area contributed by atoms with Gasteiger partial charge in [0, 0.05) is 10.6 Å². The maximum absolute atomic E-state index is 13.9. The van der Waals surface area contributed by atoms with E-state index in [2.05, 4.69) is 0 Å². The van der Waals surface area contributed by atoms with Crippen molar-refractivity contribution in [2.45, 2.75) is 14.1 Å². The lowest BCUT2D eigenvalue weighted by Crippen LogP contribution is -2.56. The molecule has 0 unspecified atom stereocenters. The molecule has 1 aliphatic heterocycles. The van der Waals surface area contributed by atoms with Crippen molar-refractivity contribution in [3.05, 3.63) is 79.8 Å². The molecule has 2 aromatic rings. The molecule has 2 fully saturated rings. The summed E-state index contributed by atoms with van der Waals surface area (Å²) in [5.74, 6) is -6.49. The average molecular weight is 676 g/mol. The van der Waals surface area contributed by atoms with Gasteiger partial charge in [-0.15, -0.1) is 23.2 Å². The number of ketones is 1. The van der Waals surface area contributed by atoms with Gasteiger partial charge in [0.2, 0.25) is 0 Å². The standard InChI is InChI=1S/C24H12Cl8N2O4/c25-11-7-5-10(6-8-11)14(35)9-33(19(36)12-3-1-2-4-13(12)26)34-20(37)15-16(21(34)38)23(30)18(28)17(27)22(15,29)24(23,31)32/h1-8,15-16H,9H2/t15-,16+,22-,23-/m1/s1. The molecule has 3 aliphatic rings. The van der Waals surface area contributed by atoms with Crippen LogP contribution in [0.5, 0.6) is 0 Å². The molecule has 2 bridgehead atoms. The second-order valence-electron chi connectivity index (χ2n) is 8.84. The third-order valence-corrected chi connectivity index (χ3v) is 11.8. The molecule has 5 rings (SSSR count). The van der Waals surface area contributed by atoms with Crippen molar-refractivity contribution in [1.82, 2.24) is 10.0 Å². The number of Topliss-reactive ketones (excluding diaryl/α,β-unsaturated/α-hetero) is 1. The number of benzene rings is 2. The van der Waals surface area contributed by atoms with E-state index in [-0.39, 0.29) is 26.2 Å². The number of fused-ring (bicyclic) bond motifs is 5. The molecule has 1 saturated heterocycles. The Labute approximate surface area is 256 Å². The van der Waals surface area contributed by atoms with Gasteiger partial charge in [0.15, 0.2) is 10.1 Å². The van der Waals surface area contributed by atoms with Crippen LogP contribution in [-0.2, 0) is 9.59 Å². The van der Waals surface area contributed by atoms with Gasteiger partial charge >= 0.3 is 0 Å². The van der Waals surface area contributed by atoms with E-state index in [0.29, 0.717) is 15.0 Å². The van der Waals surface area contributed by atoms with E-state index in [1.54, 1.807) is 6.07 Å². The van der Waals surface area contributed by atoms with Crippen LogP contribution in [-0.4, -0.2) is 54.1 Å². The first-order valence-corrected chi connectivity index (χ1v) is 13.8. The number of hydrazine groups is 1. The Balaban J connectivity index is 1.61. The highest BCUT2D eigenvalue weighted by atomic mass is 35.5. The molecule has 38 heavy (non-hydrogen) atoms. The van der Waals surface area contributed by atoms with Crippen LogP contribution in [0, 0.1) is 11.8 Å². The molecule has 6 nitrogen and oxygen atoms in total. The molecule has 0 aromatic heterocycles. The zero-order valence-electron chi connectivity index (χ0n) is 18.5. The van der Waals surface area contributed by atoms with E-state index >= 15 is 0 Å². The fourth-order valence-electron chi connectivity index (χ4n) is 5.09. The van der Waals surface area contributed by atoms with E-state index in [1.807, 2.05) is 0 Å². The third kappa shape index (κ3) is 3.55. The van der Waals surface area contributed by atoms with Gasteiger partial charge in [0.1, 0.15) is 16.3 Å². The summed E-state index contributed by atoms with van der Waals surface area (Å²) in [7, 11) is 0. The fourth-order valence-corrected chi connectivity index (χ4v) is 8.36. The minimum atomic E-state index is -2.15. The summed E-state index contributed by atoms with van der Waals surface area (Å²) in [6.45, 7) is -0.727. The lowest BCUT2D eigenvalue weighted by atomic mass is 9.84. The van der Waals surface area contributed by atoms with Crippen LogP contribution in [0.25, 0.3) is 0 Å². The Kier molecular flexibility index (Phi) is 7.02. The Morgan fingerprint density at radius 3 is 1.79 bits per heavy atom. The maximum atomic E-state index is 13.9. The lowest BCUT2D eigenvalue weighted by Gasteiger charge is -2.36. The van der Waals surface area contributed by atoms with E-state index < -0.39 is 56.0 Å². The Morgan fingerprint density at radius 1 is 0.789 bits per heavy atom. The van der Waals surface area contributed by atoms with Crippen LogP contribution in [0.2, 0.25) is 10.0 Å². The molecule has 0 spiro atoms. The van der Waals surface area contributed by atoms with Crippen LogP contribution >= 0.6 is 92.8 Å². The first-order valence-electron chi connectivity index (χ1n) is 10.8. The highest BCUT2D eigenvalue weighted by Gasteiger charge is 2.88. The number of nitrogens with zero attached hydrogens (tertiary/aromatic N) is 2. The van der Waals surface area contributed by atoms with Crippen LogP contribution in [0.3, 0.4) is 0 Å². The van der Waals surface area contributed by atoms with Gasteiger partial charge in [-0.25, -0.2) is 5.01 Å². The van der Waals surface area contributed by atoms with E-state index in [0.717, 1.165) is 0 Å². The maximum Gasteiger partial charge on any atom is 0.274 e. The monoisotopic (exact) mass is 672 g/mol. The van der Waals surface area contributed by atoms with Crippen molar-refractivity contribution in [2.24, 2.45) is 11.8 Å². The van der Waals surface area contributed by atoms with Gasteiger partial charge < -0.3 is 0 Å². The van der Waals surface area contributed by atoms with E-state index in [4.69, 9.17) is 92.8 Å². The van der Waals surface area contributed by atoms with E-state index in [9.17, 15) is 19.2 Å². The van der Waals surface area contributed by atoms with Crippen molar-refractivity contribution in [2.75, 3.05) is 6.54 Å². The molecule has 3 amide bonds. The molecular formula is C24H12Cl8N2O4. The summed E-state index contributed by atoms with van der Waals surface area (Å²) < 4.78 is -2.15. The first-order chi connectivity index (χ1) is 17.7. The van der Waals surface area contributed by atoms with Gasteiger partial charge in [-0.2, -0.15) is 5.01 Å². The summed E-state index contributed by atoms with van der Waals surface area (Å²) in [5.41, 5.74) is 0.0970. The smallest absolute Gasteiger partial charge is 0.274 e. The van der Waals surface area contributed by atoms with Crippen molar-refractivity contribution < 1.29 is 19.2 Å². The lowest BCUT2D eigenvalue weighted by molar-refractivity contribution is -0.154.